The fourth-order valence-corrected chi connectivity index (χ4v) is 4.07. The van der Waals surface area contributed by atoms with E-state index in [0.29, 0.717) is 48.6 Å². The lowest BCUT2D eigenvalue weighted by molar-refractivity contribution is -0.118. The summed E-state index contributed by atoms with van der Waals surface area (Å²) in [5.41, 5.74) is 2.63. The van der Waals surface area contributed by atoms with E-state index in [4.69, 9.17) is 21.1 Å². The molecule has 1 aromatic heterocycles. The first-order chi connectivity index (χ1) is 17.7. The average Bonchev–Trinajstić information content (AvgIpc) is 2.88. The molecule has 4 rings (SSSR count). The van der Waals surface area contributed by atoms with Crippen molar-refractivity contribution in [1.29, 1.82) is 0 Å². The van der Waals surface area contributed by atoms with Gasteiger partial charge in [-0.05, 0) is 25.1 Å². The van der Waals surface area contributed by atoms with Gasteiger partial charge in [-0.25, -0.2) is 4.98 Å². The topological polar surface area (TPSA) is 100 Å². The molecule has 3 heterocycles. The number of amides is 1. The summed E-state index contributed by atoms with van der Waals surface area (Å²) in [6.07, 6.45) is 3.66. The Morgan fingerprint density at radius 2 is 1.84 bits per heavy atom. The lowest BCUT2D eigenvalue weighted by Gasteiger charge is -2.32. The number of fused-ring (bicyclic) bond motifs is 1. The van der Waals surface area contributed by atoms with Crippen molar-refractivity contribution in [3.63, 3.8) is 0 Å². The van der Waals surface area contributed by atoms with Crippen molar-refractivity contribution in [3.05, 3.63) is 28.9 Å². The van der Waals surface area contributed by atoms with E-state index in [2.05, 4.69) is 32.1 Å². The van der Waals surface area contributed by atoms with Gasteiger partial charge in [0.05, 0.1) is 18.5 Å². The molecule has 0 spiro atoms. The molecule has 1 saturated heterocycles. The average molecular weight is 533 g/mol. The van der Waals surface area contributed by atoms with Crippen LogP contribution in [-0.4, -0.2) is 87.7 Å². The molecule has 10 nitrogen and oxygen atoms in total. The minimum absolute atomic E-state index is 0.0745. The Labute approximate surface area is 223 Å². The maximum absolute atomic E-state index is 12.3. The summed E-state index contributed by atoms with van der Waals surface area (Å²) in [6.45, 7) is 8.22. The number of aromatic nitrogens is 2. The van der Waals surface area contributed by atoms with Crippen molar-refractivity contribution in [1.82, 2.24) is 14.9 Å². The second-order valence-corrected chi connectivity index (χ2v) is 9.85. The van der Waals surface area contributed by atoms with E-state index in [1.54, 1.807) is 25.3 Å². The number of methoxy groups -OCH3 is 1. The van der Waals surface area contributed by atoms with Gasteiger partial charge in [0.2, 0.25) is 11.9 Å². The van der Waals surface area contributed by atoms with Gasteiger partial charge in [-0.3, -0.25) is 4.79 Å². The number of rotatable bonds is 8. The van der Waals surface area contributed by atoms with Gasteiger partial charge in [-0.1, -0.05) is 25.4 Å². The number of ether oxygens (including phenoxy) is 2. The Hall–Kier alpha value is -2.95. The van der Waals surface area contributed by atoms with Crippen LogP contribution in [0.25, 0.3) is 0 Å². The number of hydrogen-bond donors (Lipinski definition) is 1. The zero-order valence-electron chi connectivity index (χ0n) is 22.3. The summed E-state index contributed by atoms with van der Waals surface area (Å²) in [5, 5.41) is 3.77. The van der Waals surface area contributed by atoms with Crippen LogP contribution in [0.1, 0.15) is 25.8 Å². The highest BCUT2D eigenvalue weighted by atomic mass is 35.5. The molecule has 1 amide bonds. The maximum atomic E-state index is 12.3. The van der Waals surface area contributed by atoms with Crippen LogP contribution >= 0.6 is 11.6 Å². The Bertz CT molecular complexity index is 1080. The Morgan fingerprint density at radius 3 is 2.49 bits per heavy atom. The minimum Gasteiger partial charge on any atom is -0.489 e. The molecule has 0 bridgehead atoms. The standard InChI is InChI=1S/C22H29ClN6O3.C4H8O/c1-27-6-8-29(9-7-27)22-24-14-17(23)21(26-22)25-16-12-15-4-5-19(30)28(2)20(15)18(13-16)32-11-10-31-3;1-4(2)3-5/h12-14H,4-11H2,1-3H3,(H,24,25,26);3-4H,1-2H3. The van der Waals surface area contributed by atoms with Crippen molar-refractivity contribution < 1.29 is 19.1 Å². The number of carbonyl (C=O) groups is 2. The largest absolute Gasteiger partial charge is 0.489 e. The van der Waals surface area contributed by atoms with E-state index in [9.17, 15) is 9.59 Å². The number of likely N-dealkylation sites (N-methyl/N-ethyl adjacent to an activating group) is 1. The molecule has 11 heteroatoms. The fraction of sp³-hybridized carbons (Fsp3) is 0.538. The van der Waals surface area contributed by atoms with Gasteiger partial charge in [0.15, 0.2) is 5.82 Å². The normalized spacial score (nSPS) is 15.7. The molecule has 37 heavy (non-hydrogen) atoms. The molecule has 2 aromatic rings. The molecule has 1 N–H and O–H groups in total. The summed E-state index contributed by atoms with van der Waals surface area (Å²) >= 11 is 6.42. The van der Waals surface area contributed by atoms with Crippen LogP contribution in [0.15, 0.2) is 18.3 Å². The first-order valence-electron chi connectivity index (χ1n) is 12.5. The molecule has 0 radical (unpaired) electrons. The molecule has 1 aromatic carbocycles. The zero-order valence-corrected chi connectivity index (χ0v) is 23.0. The first kappa shape index (κ1) is 28.6. The van der Waals surface area contributed by atoms with Crippen molar-refractivity contribution in [2.75, 3.05) is 75.7 Å². The van der Waals surface area contributed by atoms with E-state index in [1.807, 2.05) is 26.0 Å². The smallest absolute Gasteiger partial charge is 0.227 e. The third-order valence-corrected chi connectivity index (χ3v) is 6.35. The van der Waals surface area contributed by atoms with Gasteiger partial charge in [0.1, 0.15) is 23.7 Å². The molecule has 0 atom stereocenters. The van der Waals surface area contributed by atoms with Gasteiger partial charge >= 0.3 is 0 Å². The number of aryl methyl sites for hydroxylation is 1. The molecule has 0 saturated carbocycles. The number of hydrogen-bond acceptors (Lipinski definition) is 9. The van der Waals surface area contributed by atoms with Gasteiger partial charge in [-0.15, -0.1) is 0 Å². The zero-order chi connectivity index (χ0) is 26.9. The molecular formula is C26H37ClN6O4. The number of anilines is 4. The maximum Gasteiger partial charge on any atom is 0.227 e. The minimum atomic E-state index is 0.0745. The summed E-state index contributed by atoms with van der Waals surface area (Å²) in [6, 6.07) is 3.90. The molecule has 0 unspecified atom stereocenters. The quantitative estimate of drug-likeness (QED) is 0.405. The number of aldehydes is 1. The summed E-state index contributed by atoms with van der Waals surface area (Å²) in [5.74, 6) is 2.10. The predicted octanol–water partition coefficient (Wildman–Crippen LogP) is 3.40. The third-order valence-electron chi connectivity index (χ3n) is 6.07. The molecule has 2 aliphatic rings. The van der Waals surface area contributed by atoms with Crippen LogP contribution in [0.5, 0.6) is 5.75 Å². The molecular weight excluding hydrogens is 496 g/mol. The Balaban J connectivity index is 0.000000695. The summed E-state index contributed by atoms with van der Waals surface area (Å²) in [4.78, 5) is 37.0. The first-order valence-corrected chi connectivity index (χ1v) is 12.8. The Kier molecular flexibility index (Phi) is 10.5. The van der Waals surface area contributed by atoms with Crippen LogP contribution in [0.2, 0.25) is 5.02 Å². The number of nitrogens with zero attached hydrogens (tertiary/aromatic N) is 5. The van der Waals surface area contributed by atoms with Crippen molar-refractivity contribution in [2.24, 2.45) is 5.92 Å². The highest BCUT2D eigenvalue weighted by Crippen LogP contribution is 2.40. The monoisotopic (exact) mass is 532 g/mol. The molecule has 1 fully saturated rings. The second-order valence-electron chi connectivity index (χ2n) is 9.44. The number of benzene rings is 1. The van der Waals surface area contributed by atoms with E-state index in [0.717, 1.165) is 49.4 Å². The van der Waals surface area contributed by atoms with Crippen LogP contribution in [0, 0.1) is 5.92 Å². The molecule has 202 valence electrons. The van der Waals surface area contributed by atoms with Crippen LogP contribution in [0.3, 0.4) is 0 Å². The SMILES string of the molecule is CC(C)C=O.COCCOc1cc(Nc2nc(N3CCN(C)CC3)ncc2Cl)cc2c1N(C)C(=O)CC2. The molecule has 0 aliphatic carbocycles. The van der Waals surface area contributed by atoms with Gasteiger partial charge in [0.25, 0.3) is 0 Å². The predicted molar refractivity (Wildman–Crippen MR) is 146 cm³/mol. The third kappa shape index (κ3) is 7.77. The lowest BCUT2D eigenvalue weighted by Crippen LogP contribution is -2.45. The number of carbonyl (C=O) groups excluding carboxylic acids is 2. The number of nitrogens with one attached hydrogen (secondary N) is 1. The highest BCUT2D eigenvalue weighted by Gasteiger charge is 2.26. The number of piperazine rings is 1. The summed E-state index contributed by atoms with van der Waals surface area (Å²) in [7, 11) is 5.52. The van der Waals surface area contributed by atoms with Gasteiger partial charge < -0.3 is 34.3 Å². The fourth-order valence-electron chi connectivity index (χ4n) is 3.93. The van der Waals surface area contributed by atoms with E-state index in [1.165, 1.54) is 0 Å². The second kappa shape index (κ2) is 13.6. The van der Waals surface area contributed by atoms with Crippen molar-refractivity contribution in [2.45, 2.75) is 26.7 Å². The van der Waals surface area contributed by atoms with Crippen LogP contribution in [-0.2, 0) is 20.7 Å². The van der Waals surface area contributed by atoms with Crippen LogP contribution in [0.4, 0.5) is 23.1 Å². The van der Waals surface area contributed by atoms with Crippen molar-refractivity contribution >= 4 is 46.9 Å². The lowest BCUT2D eigenvalue weighted by atomic mass is 10.00. The van der Waals surface area contributed by atoms with Gasteiger partial charge in [-0.2, -0.15) is 4.98 Å². The summed E-state index contributed by atoms with van der Waals surface area (Å²) < 4.78 is 11.1. The van der Waals surface area contributed by atoms with E-state index >= 15 is 0 Å². The van der Waals surface area contributed by atoms with Gasteiger partial charge in [0, 0.05) is 64.4 Å². The Morgan fingerprint density at radius 1 is 1.14 bits per heavy atom. The van der Waals surface area contributed by atoms with Crippen molar-refractivity contribution in [3.8, 4) is 5.75 Å². The van der Waals surface area contributed by atoms with Crippen LogP contribution < -0.4 is 19.9 Å². The van der Waals surface area contributed by atoms with E-state index in [-0.39, 0.29) is 11.8 Å². The molecule has 2 aliphatic heterocycles. The van der Waals surface area contributed by atoms with E-state index < -0.39 is 0 Å². The highest BCUT2D eigenvalue weighted by molar-refractivity contribution is 6.32. The number of halogens is 1.